The first kappa shape index (κ1) is 27.2. The van der Waals surface area contributed by atoms with Gasteiger partial charge < -0.3 is 14.2 Å². The van der Waals surface area contributed by atoms with E-state index in [0.29, 0.717) is 30.2 Å². The number of fused-ring (bicyclic) bond motifs is 4. The number of carbonyl (C=O) groups excluding carboxylic acids is 1. The van der Waals surface area contributed by atoms with E-state index in [9.17, 15) is 9.59 Å². The molecule has 8 nitrogen and oxygen atoms in total. The number of nitrogens with zero attached hydrogens (tertiary/aromatic N) is 3. The van der Waals surface area contributed by atoms with Crippen molar-refractivity contribution in [2.75, 3.05) is 0 Å². The minimum absolute atomic E-state index is 0.000872. The molecule has 4 aliphatic rings. The van der Waals surface area contributed by atoms with Crippen LogP contribution in [0, 0.1) is 23.2 Å². The van der Waals surface area contributed by atoms with Crippen molar-refractivity contribution in [1.29, 1.82) is 0 Å². The van der Waals surface area contributed by atoms with E-state index in [1.54, 1.807) is 19.3 Å². The van der Waals surface area contributed by atoms with E-state index in [2.05, 4.69) is 17.2 Å². The molecule has 220 valence electrons. The van der Waals surface area contributed by atoms with Crippen molar-refractivity contribution in [3.63, 3.8) is 0 Å². The Hall–Kier alpha value is -3.68. The van der Waals surface area contributed by atoms with Crippen LogP contribution in [0.25, 0.3) is 22.3 Å². The molecule has 2 unspecified atom stereocenters. The molecule has 42 heavy (non-hydrogen) atoms. The summed E-state index contributed by atoms with van der Waals surface area (Å²) in [6.07, 6.45) is 9.41. The van der Waals surface area contributed by atoms with Crippen molar-refractivity contribution in [2.45, 2.75) is 84.0 Å². The maximum Gasteiger partial charge on any atom is 0.312 e. The summed E-state index contributed by atoms with van der Waals surface area (Å²) < 4.78 is 19.6. The molecule has 0 radical (unpaired) electrons. The summed E-state index contributed by atoms with van der Waals surface area (Å²) >= 11 is 0. The molecule has 0 saturated heterocycles. The standard InChI is InChI=1S/C34H39N3O5/c1-33(2,3)42-32(39)34-16-22(28(34)17-34)7-9-25(13-20-5-6-20)41-29-12-11-27-26-10-8-21(14-24(26)19-40-31(27)36-29)23-15-30(38)37(4)35-18-23/h8,10-12,14-15,18,20,22,25,28H,5-7,9,13,16-17,19H2,1-4H3/t22-,25-,28?,34?/m1/s1. The van der Waals surface area contributed by atoms with E-state index in [4.69, 9.17) is 19.2 Å². The van der Waals surface area contributed by atoms with Crippen molar-refractivity contribution in [3.05, 3.63) is 58.5 Å². The molecule has 7 rings (SSSR count). The Kier molecular flexibility index (Phi) is 6.44. The second-order valence-electron chi connectivity index (χ2n) is 13.8. The van der Waals surface area contributed by atoms with Crippen LogP contribution < -0.4 is 15.0 Å². The maximum atomic E-state index is 12.7. The second kappa shape index (κ2) is 9.96. The summed E-state index contributed by atoms with van der Waals surface area (Å²) in [5.41, 5.74) is 4.02. The second-order valence-corrected chi connectivity index (χ2v) is 13.8. The molecule has 3 saturated carbocycles. The van der Waals surface area contributed by atoms with Crippen LogP contribution >= 0.6 is 0 Å². The van der Waals surface area contributed by atoms with Gasteiger partial charge in [0.15, 0.2) is 0 Å². The summed E-state index contributed by atoms with van der Waals surface area (Å²) in [5, 5.41) is 4.15. The zero-order valence-corrected chi connectivity index (χ0v) is 24.9. The van der Waals surface area contributed by atoms with Crippen molar-refractivity contribution in [1.82, 2.24) is 14.8 Å². The fraction of sp³-hybridized carbons (Fsp3) is 0.529. The van der Waals surface area contributed by atoms with Gasteiger partial charge in [-0.05, 0) is 99.5 Å². The average Bonchev–Trinajstić information content (AvgIpc) is 3.86. The smallest absolute Gasteiger partial charge is 0.312 e. The van der Waals surface area contributed by atoms with Gasteiger partial charge in [0.05, 0.1) is 11.6 Å². The van der Waals surface area contributed by atoms with Crippen LogP contribution in [0.5, 0.6) is 11.8 Å². The van der Waals surface area contributed by atoms with Gasteiger partial charge in [-0.3, -0.25) is 9.59 Å². The number of ether oxygens (including phenoxy) is 3. The van der Waals surface area contributed by atoms with Gasteiger partial charge in [-0.15, -0.1) is 0 Å². The number of benzene rings is 1. The number of aryl methyl sites for hydroxylation is 1. The first-order chi connectivity index (χ1) is 20.1. The molecule has 1 aliphatic heterocycles. The van der Waals surface area contributed by atoms with Crippen LogP contribution in [0.2, 0.25) is 0 Å². The average molecular weight is 570 g/mol. The molecule has 0 N–H and O–H groups in total. The summed E-state index contributed by atoms with van der Waals surface area (Å²) in [4.78, 5) is 29.5. The lowest BCUT2D eigenvalue weighted by Crippen LogP contribution is -2.38. The highest BCUT2D eigenvalue weighted by Gasteiger charge is 2.72. The highest BCUT2D eigenvalue weighted by Crippen LogP contribution is 2.72. The predicted molar refractivity (Wildman–Crippen MR) is 158 cm³/mol. The molecule has 0 bridgehead atoms. The minimum atomic E-state index is -0.425. The maximum absolute atomic E-state index is 12.7. The molecule has 2 aromatic heterocycles. The number of carbonyl (C=O) groups is 1. The Morgan fingerprint density at radius 3 is 2.67 bits per heavy atom. The van der Waals surface area contributed by atoms with Gasteiger partial charge in [-0.25, -0.2) is 4.68 Å². The molecule has 3 aliphatic carbocycles. The van der Waals surface area contributed by atoms with Gasteiger partial charge in [0.25, 0.3) is 5.56 Å². The monoisotopic (exact) mass is 569 g/mol. The summed E-state index contributed by atoms with van der Waals surface area (Å²) in [5.74, 6) is 3.00. The molecular weight excluding hydrogens is 530 g/mol. The molecule has 0 amide bonds. The SMILES string of the molecule is Cn1ncc(-c2ccc3c(c2)COc2nc(O[C@H](CC[C@@H]4CC5(C(=O)OC(C)(C)C)CC45)CC4CC4)ccc2-3)cc1=O. The van der Waals surface area contributed by atoms with E-state index >= 15 is 0 Å². The molecule has 0 spiro atoms. The zero-order valence-electron chi connectivity index (χ0n) is 24.9. The quantitative estimate of drug-likeness (QED) is 0.288. The number of hydrogen-bond donors (Lipinski definition) is 0. The van der Waals surface area contributed by atoms with Crippen molar-refractivity contribution < 1.29 is 19.0 Å². The van der Waals surface area contributed by atoms with E-state index in [1.165, 1.54) is 17.5 Å². The van der Waals surface area contributed by atoms with Gasteiger partial charge in [0.2, 0.25) is 11.8 Å². The van der Waals surface area contributed by atoms with Crippen LogP contribution in [0.4, 0.5) is 0 Å². The summed E-state index contributed by atoms with van der Waals surface area (Å²) in [6.45, 7) is 6.23. The Balaban J connectivity index is 1.01. The summed E-state index contributed by atoms with van der Waals surface area (Å²) in [7, 11) is 1.64. The van der Waals surface area contributed by atoms with Crippen LogP contribution in [0.15, 0.2) is 47.4 Å². The molecule has 3 aromatic rings. The summed E-state index contributed by atoms with van der Waals surface area (Å²) in [6, 6.07) is 11.7. The Labute approximate surface area is 246 Å². The van der Waals surface area contributed by atoms with E-state index < -0.39 is 5.60 Å². The predicted octanol–water partition coefficient (Wildman–Crippen LogP) is 6.10. The number of esters is 1. The Morgan fingerprint density at radius 1 is 1.12 bits per heavy atom. The van der Waals surface area contributed by atoms with Gasteiger partial charge in [0, 0.05) is 30.3 Å². The minimum Gasteiger partial charge on any atom is -0.474 e. The van der Waals surface area contributed by atoms with Gasteiger partial charge in [-0.1, -0.05) is 25.0 Å². The lowest BCUT2D eigenvalue weighted by molar-refractivity contribution is -0.167. The van der Waals surface area contributed by atoms with E-state index in [1.807, 2.05) is 39.0 Å². The van der Waals surface area contributed by atoms with Crippen LogP contribution in [-0.4, -0.2) is 32.4 Å². The zero-order chi connectivity index (χ0) is 29.2. The normalized spacial score (nSPS) is 24.3. The Morgan fingerprint density at radius 2 is 1.93 bits per heavy atom. The molecule has 1 aromatic carbocycles. The molecule has 3 heterocycles. The molecule has 4 atom stereocenters. The third-order valence-electron chi connectivity index (χ3n) is 9.47. The van der Waals surface area contributed by atoms with E-state index in [-0.39, 0.29) is 23.0 Å². The largest absolute Gasteiger partial charge is 0.474 e. The van der Waals surface area contributed by atoms with Crippen molar-refractivity contribution in [3.8, 4) is 34.0 Å². The fourth-order valence-electron chi connectivity index (χ4n) is 6.89. The van der Waals surface area contributed by atoms with Crippen molar-refractivity contribution >= 4 is 5.97 Å². The topological polar surface area (TPSA) is 92.5 Å². The highest BCUT2D eigenvalue weighted by atomic mass is 16.6. The highest BCUT2D eigenvalue weighted by molar-refractivity contribution is 5.83. The van der Waals surface area contributed by atoms with E-state index in [0.717, 1.165) is 65.8 Å². The number of pyridine rings is 1. The molecular formula is C34H39N3O5. The first-order valence-electron chi connectivity index (χ1n) is 15.3. The number of rotatable bonds is 9. The number of hydrogen-bond acceptors (Lipinski definition) is 7. The Bertz CT molecular complexity index is 1600. The van der Waals surface area contributed by atoms with Crippen LogP contribution in [-0.2, 0) is 23.2 Å². The molecule has 8 heteroatoms. The van der Waals surface area contributed by atoms with Gasteiger partial charge >= 0.3 is 5.97 Å². The fourth-order valence-corrected chi connectivity index (χ4v) is 6.89. The van der Waals surface area contributed by atoms with Crippen LogP contribution in [0.3, 0.4) is 0 Å². The first-order valence-corrected chi connectivity index (χ1v) is 15.3. The lowest BCUT2D eigenvalue weighted by Gasteiger charge is -2.35. The van der Waals surface area contributed by atoms with Gasteiger partial charge in [0.1, 0.15) is 18.3 Å². The third kappa shape index (κ3) is 5.20. The third-order valence-corrected chi connectivity index (χ3v) is 9.47. The van der Waals surface area contributed by atoms with Crippen molar-refractivity contribution in [2.24, 2.45) is 30.2 Å². The van der Waals surface area contributed by atoms with Gasteiger partial charge in [-0.2, -0.15) is 10.1 Å². The molecule has 3 fully saturated rings. The van der Waals surface area contributed by atoms with Crippen LogP contribution in [0.1, 0.15) is 71.3 Å². The lowest BCUT2D eigenvalue weighted by atomic mass is 9.72. The number of aromatic nitrogens is 3.